The van der Waals surface area contributed by atoms with Crippen LogP contribution < -0.4 is 21.1 Å². The highest BCUT2D eigenvalue weighted by Crippen LogP contribution is 2.25. The van der Waals surface area contributed by atoms with Gasteiger partial charge in [-0.25, -0.2) is 4.68 Å². The second-order valence-corrected chi connectivity index (χ2v) is 8.70. The smallest absolute Gasteiger partial charge is 0.275 e. The molecule has 1 atom stereocenters. The van der Waals surface area contributed by atoms with Crippen molar-refractivity contribution < 1.29 is 14.4 Å². The first-order valence-electron chi connectivity index (χ1n) is 11.0. The monoisotopic (exact) mass is 438 g/mol. The van der Waals surface area contributed by atoms with Crippen LogP contribution in [0.3, 0.4) is 0 Å². The van der Waals surface area contributed by atoms with E-state index in [1.165, 1.54) is 4.68 Å². The van der Waals surface area contributed by atoms with Crippen LogP contribution in [0.5, 0.6) is 0 Å². The van der Waals surface area contributed by atoms with Crippen molar-refractivity contribution >= 4 is 34.2 Å². The maximum Gasteiger partial charge on any atom is 0.275 e. The Bertz CT molecular complexity index is 1160. The first-order valence-corrected chi connectivity index (χ1v) is 11.0. The zero-order chi connectivity index (χ0) is 22.4. The zero-order valence-corrected chi connectivity index (χ0v) is 18.0. The first kappa shape index (κ1) is 20.6. The summed E-state index contributed by atoms with van der Waals surface area (Å²) in [5.74, 6) is -0.470. The summed E-state index contributed by atoms with van der Waals surface area (Å²) in [5.41, 5.74) is 1.30. The predicted molar refractivity (Wildman–Crippen MR) is 117 cm³/mol. The second kappa shape index (κ2) is 8.01. The number of fused-ring (bicyclic) bond motifs is 1. The first-order chi connectivity index (χ1) is 15.4. The highest BCUT2D eigenvalue weighted by atomic mass is 16.2. The van der Waals surface area contributed by atoms with Gasteiger partial charge in [0.05, 0.1) is 17.0 Å². The van der Waals surface area contributed by atoms with Gasteiger partial charge in [-0.3, -0.25) is 24.5 Å². The van der Waals surface area contributed by atoms with Gasteiger partial charge in [-0.05, 0) is 31.5 Å². The Morgan fingerprint density at radius 3 is 2.47 bits per heavy atom. The number of aromatic nitrogens is 2. The Hall–Kier alpha value is -3.27. The number of anilines is 1. The van der Waals surface area contributed by atoms with Crippen LogP contribution in [0.1, 0.15) is 24.6 Å². The van der Waals surface area contributed by atoms with Crippen molar-refractivity contribution in [2.45, 2.75) is 25.8 Å². The van der Waals surface area contributed by atoms with Crippen molar-refractivity contribution in [2.24, 2.45) is 5.92 Å². The fourth-order valence-corrected chi connectivity index (χ4v) is 4.63. The molecule has 0 aliphatic carbocycles. The molecule has 0 spiro atoms. The maximum absolute atomic E-state index is 13.1. The topological polar surface area (TPSA) is 117 Å². The lowest BCUT2D eigenvalue weighted by Crippen LogP contribution is -2.56. The number of rotatable bonds is 3. The molecule has 0 saturated carbocycles. The van der Waals surface area contributed by atoms with E-state index < -0.39 is 11.9 Å². The quantitative estimate of drug-likeness (QED) is 0.624. The van der Waals surface area contributed by atoms with Gasteiger partial charge >= 0.3 is 0 Å². The highest BCUT2D eigenvalue weighted by molar-refractivity contribution is 5.99. The Balaban J connectivity index is 1.37. The van der Waals surface area contributed by atoms with Gasteiger partial charge in [0, 0.05) is 56.8 Å². The van der Waals surface area contributed by atoms with Gasteiger partial charge in [0.15, 0.2) is 0 Å². The molecule has 2 aromatic rings. The molecule has 1 aromatic carbocycles. The van der Waals surface area contributed by atoms with Crippen LogP contribution in [-0.4, -0.2) is 71.7 Å². The zero-order valence-electron chi connectivity index (χ0n) is 18.0. The number of carbonyl (C=O) groups excluding carboxylic acids is 3. The minimum atomic E-state index is -0.778. The van der Waals surface area contributed by atoms with E-state index in [0.717, 1.165) is 37.3 Å². The SMILES string of the molecule is Cc1nn(C2CCC(=O)NC2=O)c(=O)c2ccc(N3CCN(C(=O)C4CNC4)CC3)cc12. The van der Waals surface area contributed by atoms with Crippen molar-refractivity contribution in [3.05, 3.63) is 34.2 Å². The number of amides is 3. The van der Waals surface area contributed by atoms with E-state index in [1.54, 1.807) is 6.07 Å². The highest BCUT2D eigenvalue weighted by Gasteiger charge is 2.32. The fraction of sp³-hybridized carbons (Fsp3) is 0.500. The molecule has 1 aromatic heterocycles. The van der Waals surface area contributed by atoms with Crippen LogP contribution in [0.2, 0.25) is 0 Å². The number of benzene rings is 1. The van der Waals surface area contributed by atoms with Gasteiger partial charge in [0.25, 0.3) is 11.5 Å². The molecular weight excluding hydrogens is 412 g/mol. The number of nitrogens with zero attached hydrogens (tertiary/aromatic N) is 4. The minimum Gasteiger partial charge on any atom is -0.368 e. The van der Waals surface area contributed by atoms with Gasteiger partial charge in [-0.15, -0.1) is 0 Å². The Morgan fingerprint density at radius 1 is 1.06 bits per heavy atom. The number of nitrogens with one attached hydrogen (secondary N) is 2. The van der Waals surface area contributed by atoms with E-state index in [0.29, 0.717) is 24.2 Å². The number of imide groups is 1. The molecule has 3 aliphatic heterocycles. The normalized spacial score (nSPS) is 22.1. The predicted octanol–water partition coefficient (Wildman–Crippen LogP) is -0.449. The van der Waals surface area contributed by atoms with Gasteiger partial charge in [-0.2, -0.15) is 5.10 Å². The molecule has 2 N–H and O–H groups in total. The lowest BCUT2D eigenvalue weighted by Gasteiger charge is -2.39. The molecule has 0 bridgehead atoms. The van der Waals surface area contributed by atoms with Crippen molar-refractivity contribution in [1.82, 2.24) is 25.3 Å². The summed E-state index contributed by atoms with van der Waals surface area (Å²) in [6.07, 6.45) is 0.451. The largest absolute Gasteiger partial charge is 0.368 e. The van der Waals surface area contributed by atoms with Crippen LogP contribution in [0, 0.1) is 12.8 Å². The van der Waals surface area contributed by atoms with E-state index in [4.69, 9.17) is 0 Å². The van der Waals surface area contributed by atoms with Gasteiger partial charge in [-0.1, -0.05) is 0 Å². The average molecular weight is 438 g/mol. The molecule has 3 amide bonds. The molecule has 10 heteroatoms. The van der Waals surface area contributed by atoms with Gasteiger partial charge < -0.3 is 15.1 Å². The number of hydrogen-bond donors (Lipinski definition) is 2. The van der Waals surface area contributed by atoms with E-state index in [-0.39, 0.29) is 36.1 Å². The lowest BCUT2D eigenvalue weighted by atomic mass is 10.0. The summed E-state index contributed by atoms with van der Waals surface area (Å²) in [4.78, 5) is 53.4. The van der Waals surface area contributed by atoms with Crippen molar-refractivity contribution in [3.63, 3.8) is 0 Å². The molecule has 168 valence electrons. The summed E-state index contributed by atoms with van der Waals surface area (Å²) < 4.78 is 1.21. The standard InChI is InChI=1S/C22H26N6O4/c1-13-17-10-15(26-6-8-27(9-7-26)21(31)14-11-23-12-14)2-3-16(17)22(32)28(25-13)18-4-5-19(29)24-20(18)30/h2-3,10,14,18,23H,4-9,11-12H2,1H3,(H,24,29,30). The third-order valence-electron chi connectivity index (χ3n) is 6.68. The Morgan fingerprint density at radius 2 is 1.81 bits per heavy atom. The molecule has 10 nitrogen and oxygen atoms in total. The summed E-state index contributed by atoms with van der Waals surface area (Å²) >= 11 is 0. The number of piperazine rings is 1. The summed E-state index contributed by atoms with van der Waals surface area (Å²) in [6.45, 7) is 6.19. The number of aryl methyl sites for hydroxylation is 1. The van der Waals surface area contributed by atoms with E-state index in [9.17, 15) is 19.2 Å². The average Bonchev–Trinajstić information content (AvgIpc) is 2.75. The van der Waals surface area contributed by atoms with Crippen LogP contribution in [0.4, 0.5) is 5.69 Å². The van der Waals surface area contributed by atoms with Gasteiger partial charge in [0.1, 0.15) is 6.04 Å². The fourth-order valence-electron chi connectivity index (χ4n) is 4.63. The Labute approximate surface area is 184 Å². The maximum atomic E-state index is 13.1. The molecule has 0 radical (unpaired) electrons. The van der Waals surface area contributed by atoms with Crippen LogP contribution in [0.25, 0.3) is 10.8 Å². The van der Waals surface area contributed by atoms with E-state index in [2.05, 4.69) is 20.6 Å². The van der Waals surface area contributed by atoms with E-state index in [1.807, 2.05) is 24.0 Å². The van der Waals surface area contributed by atoms with E-state index >= 15 is 0 Å². The molecule has 32 heavy (non-hydrogen) atoms. The number of carbonyl (C=O) groups is 3. The lowest BCUT2D eigenvalue weighted by molar-refractivity contribution is -0.138. The number of piperidine rings is 1. The molecule has 4 heterocycles. The molecule has 3 saturated heterocycles. The minimum absolute atomic E-state index is 0.113. The molecule has 3 fully saturated rings. The third kappa shape index (κ3) is 3.54. The van der Waals surface area contributed by atoms with Gasteiger partial charge in [0.2, 0.25) is 11.8 Å². The molecule has 5 rings (SSSR count). The summed E-state index contributed by atoms with van der Waals surface area (Å²) in [5, 5.41) is 11.1. The second-order valence-electron chi connectivity index (χ2n) is 8.70. The van der Waals surface area contributed by atoms with Crippen LogP contribution in [0.15, 0.2) is 23.0 Å². The molecule has 3 aliphatic rings. The number of hydrogen-bond acceptors (Lipinski definition) is 7. The summed E-state index contributed by atoms with van der Waals surface area (Å²) in [7, 11) is 0. The van der Waals surface area contributed by atoms with Crippen LogP contribution >= 0.6 is 0 Å². The molecule has 1 unspecified atom stereocenters. The third-order valence-corrected chi connectivity index (χ3v) is 6.68. The molecular formula is C22H26N6O4. The van der Waals surface area contributed by atoms with Crippen molar-refractivity contribution in [3.8, 4) is 0 Å². The van der Waals surface area contributed by atoms with Crippen LogP contribution in [-0.2, 0) is 14.4 Å². The van der Waals surface area contributed by atoms with Crippen molar-refractivity contribution in [1.29, 1.82) is 0 Å². The Kier molecular flexibility index (Phi) is 5.16. The summed E-state index contributed by atoms with van der Waals surface area (Å²) in [6, 6.07) is 4.87. The van der Waals surface area contributed by atoms with Crippen molar-refractivity contribution in [2.75, 3.05) is 44.2 Å².